The number of nitrogens with zero attached hydrogens (tertiary/aromatic N) is 2. The molecule has 0 aliphatic carbocycles. The molecular weight excluding hydrogens is 466 g/mol. The molecule has 148 valence electrons. The van der Waals surface area contributed by atoms with Gasteiger partial charge in [-0.2, -0.15) is 5.26 Å². The quantitative estimate of drug-likeness (QED) is 0.293. The highest BCUT2D eigenvalue weighted by atomic mass is 79.9. The SMILES string of the molecule is COc1ccccc1N/C=C(\C#N)c1nc(-c2cc3cc(Br)ccc3oc2=O)cs1. The van der Waals surface area contributed by atoms with E-state index in [1.54, 1.807) is 30.8 Å². The highest BCUT2D eigenvalue weighted by molar-refractivity contribution is 9.10. The summed E-state index contributed by atoms with van der Waals surface area (Å²) in [6, 6.07) is 16.7. The van der Waals surface area contributed by atoms with Crippen LogP contribution in [0.2, 0.25) is 0 Å². The molecule has 2 heterocycles. The van der Waals surface area contributed by atoms with E-state index in [0.717, 1.165) is 15.5 Å². The first-order valence-corrected chi connectivity index (χ1v) is 10.5. The molecule has 0 saturated heterocycles. The van der Waals surface area contributed by atoms with E-state index in [9.17, 15) is 10.1 Å². The second-order valence-corrected chi connectivity index (χ2v) is 7.96. The predicted octanol–water partition coefficient (Wildman–Crippen LogP) is 5.66. The van der Waals surface area contributed by atoms with Gasteiger partial charge in [-0.3, -0.25) is 0 Å². The summed E-state index contributed by atoms with van der Waals surface area (Å²) >= 11 is 4.69. The molecule has 6 nitrogen and oxygen atoms in total. The fourth-order valence-corrected chi connectivity index (χ4v) is 4.01. The molecule has 0 fully saturated rings. The molecule has 0 radical (unpaired) electrons. The molecule has 0 unspecified atom stereocenters. The first kappa shape index (κ1) is 19.9. The number of allylic oxidation sites excluding steroid dienone is 1. The summed E-state index contributed by atoms with van der Waals surface area (Å²) in [5.74, 6) is 0.658. The maximum atomic E-state index is 12.4. The molecule has 0 amide bonds. The van der Waals surface area contributed by atoms with E-state index in [1.807, 2.05) is 36.4 Å². The third-order valence-electron chi connectivity index (χ3n) is 4.30. The van der Waals surface area contributed by atoms with E-state index in [0.29, 0.717) is 33.2 Å². The highest BCUT2D eigenvalue weighted by Crippen LogP contribution is 2.28. The summed E-state index contributed by atoms with van der Waals surface area (Å²) in [6.07, 6.45) is 1.57. The molecule has 4 aromatic rings. The first-order chi connectivity index (χ1) is 14.6. The number of hydrogen-bond donors (Lipinski definition) is 1. The van der Waals surface area contributed by atoms with Crippen LogP contribution in [0.1, 0.15) is 5.01 Å². The lowest BCUT2D eigenvalue weighted by Crippen LogP contribution is -2.03. The molecule has 1 N–H and O–H groups in total. The second kappa shape index (κ2) is 8.53. The number of fused-ring (bicyclic) bond motifs is 1. The average molecular weight is 480 g/mol. The van der Waals surface area contributed by atoms with Gasteiger partial charge in [-0.05, 0) is 36.4 Å². The summed E-state index contributed by atoms with van der Waals surface area (Å²) in [7, 11) is 1.58. The van der Waals surface area contributed by atoms with E-state index in [1.165, 1.54) is 11.3 Å². The van der Waals surface area contributed by atoms with Crippen LogP contribution in [0.5, 0.6) is 5.75 Å². The molecule has 2 aromatic heterocycles. The normalized spacial score (nSPS) is 11.3. The lowest BCUT2D eigenvalue weighted by molar-refractivity contribution is 0.417. The van der Waals surface area contributed by atoms with Gasteiger partial charge in [0, 0.05) is 21.4 Å². The zero-order valence-electron chi connectivity index (χ0n) is 15.7. The van der Waals surface area contributed by atoms with Gasteiger partial charge in [-0.25, -0.2) is 9.78 Å². The number of para-hydroxylation sites is 2. The molecule has 2 aromatic carbocycles. The first-order valence-electron chi connectivity index (χ1n) is 8.78. The van der Waals surface area contributed by atoms with E-state index < -0.39 is 5.63 Å². The Balaban J connectivity index is 1.67. The fraction of sp³-hybridized carbons (Fsp3) is 0.0455. The smallest absolute Gasteiger partial charge is 0.345 e. The number of hydrogen-bond acceptors (Lipinski definition) is 7. The van der Waals surface area contributed by atoms with Gasteiger partial charge in [-0.1, -0.05) is 28.1 Å². The van der Waals surface area contributed by atoms with Gasteiger partial charge >= 0.3 is 5.63 Å². The molecular formula is C22H14BrN3O3S. The number of methoxy groups -OCH3 is 1. The Labute approximate surface area is 184 Å². The molecule has 0 saturated carbocycles. The molecule has 0 atom stereocenters. The van der Waals surface area contributed by atoms with Crippen LogP contribution in [-0.4, -0.2) is 12.1 Å². The van der Waals surface area contributed by atoms with Crippen molar-refractivity contribution in [1.29, 1.82) is 5.26 Å². The number of anilines is 1. The van der Waals surface area contributed by atoms with Crippen molar-refractivity contribution in [3.05, 3.63) is 80.0 Å². The average Bonchev–Trinajstić information content (AvgIpc) is 3.24. The highest BCUT2D eigenvalue weighted by Gasteiger charge is 2.14. The minimum Gasteiger partial charge on any atom is -0.495 e. The summed E-state index contributed by atoms with van der Waals surface area (Å²) in [5, 5.41) is 15.7. The summed E-state index contributed by atoms with van der Waals surface area (Å²) in [5.41, 5.74) is 1.90. The number of nitriles is 1. The number of ether oxygens (including phenoxy) is 1. The Bertz CT molecular complexity index is 1370. The Morgan fingerprint density at radius 1 is 1.30 bits per heavy atom. The monoisotopic (exact) mass is 479 g/mol. The Kier molecular flexibility index (Phi) is 5.65. The Hall–Kier alpha value is -3.41. The number of nitrogens with one attached hydrogen (secondary N) is 1. The number of thiazole rings is 1. The van der Waals surface area contributed by atoms with E-state index in [-0.39, 0.29) is 0 Å². The predicted molar refractivity (Wildman–Crippen MR) is 121 cm³/mol. The minimum atomic E-state index is -0.476. The van der Waals surface area contributed by atoms with Crippen molar-refractivity contribution in [2.75, 3.05) is 12.4 Å². The lowest BCUT2D eigenvalue weighted by atomic mass is 10.1. The number of halogens is 1. The number of benzene rings is 2. The largest absolute Gasteiger partial charge is 0.495 e. The fourth-order valence-electron chi connectivity index (χ4n) is 2.85. The number of rotatable bonds is 5. The van der Waals surface area contributed by atoms with Crippen molar-refractivity contribution < 1.29 is 9.15 Å². The van der Waals surface area contributed by atoms with Crippen LogP contribution in [0.4, 0.5) is 5.69 Å². The van der Waals surface area contributed by atoms with E-state index in [2.05, 4.69) is 32.3 Å². The van der Waals surface area contributed by atoms with Gasteiger partial charge in [0.1, 0.15) is 28.0 Å². The molecule has 30 heavy (non-hydrogen) atoms. The maximum Gasteiger partial charge on any atom is 0.345 e. The summed E-state index contributed by atoms with van der Waals surface area (Å²) < 4.78 is 11.6. The number of aromatic nitrogens is 1. The molecule has 4 rings (SSSR count). The van der Waals surface area contributed by atoms with Crippen LogP contribution in [0.3, 0.4) is 0 Å². The van der Waals surface area contributed by atoms with Crippen molar-refractivity contribution >= 4 is 49.5 Å². The van der Waals surface area contributed by atoms with Crippen molar-refractivity contribution in [1.82, 2.24) is 4.98 Å². The van der Waals surface area contributed by atoms with Crippen molar-refractivity contribution in [3.63, 3.8) is 0 Å². The molecule has 0 aliphatic heterocycles. The summed E-state index contributed by atoms with van der Waals surface area (Å²) in [6.45, 7) is 0. The van der Waals surface area contributed by atoms with E-state index >= 15 is 0 Å². The Morgan fingerprint density at radius 2 is 2.13 bits per heavy atom. The third kappa shape index (κ3) is 3.99. The lowest BCUT2D eigenvalue weighted by Gasteiger charge is -2.07. The van der Waals surface area contributed by atoms with Crippen LogP contribution < -0.4 is 15.7 Å². The van der Waals surface area contributed by atoms with Crippen LogP contribution >= 0.6 is 27.3 Å². The zero-order valence-corrected chi connectivity index (χ0v) is 18.1. The van der Waals surface area contributed by atoms with Gasteiger partial charge < -0.3 is 14.5 Å². The van der Waals surface area contributed by atoms with Gasteiger partial charge in [-0.15, -0.1) is 11.3 Å². The molecule has 8 heteroatoms. The van der Waals surface area contributed by atoms with Crippen LogP contribution in [0.25, 0.3) is 27.8 Å². The van der Waals surface area contributed by atoms with Gasteiger partial charge in [0.25, 0.3) is 0 Å². The topological polar surface area (TPSA) is 88.2 Å². The maximum absolute atomic E-state index is 12.4. The van der Waals surface area contributed by atoms with Crippen LogP contribution in [0, 0.1) is 11.3 Å². The van der Waals surface area contributed by atoms with Gasteiger partial charge in [0.2, 0.25) is 0 Å². The molecule has 0 aliphatic rings. The minimum absolute atomic E-state index is 0.338. The molecule has 0 bridgehead atoms. The summed E-state index contributed by atoms with van der Waals surface area (Å²) in [4.78, 5) is 16.9. The van der Waals surface area contributed by atoms with Crippen molar-refractivity contribution in [2.45, 2.75) is 0 Å². The van der Waals surface area contributed by atoms with Crippen LogP contribution in [-0.2, 0) is 0 Å². The van der Waals surface area contributed by atoms with E-state index in [4.69, 9.17) is 9.15 Å². The zero-order chi connectivity index (χ0) is 21.1. The molecule has 0 spiro atoms. The van der Waals surface area contributed by atoms with Gasteiger partial charge in [0.15, 0.2) is 0 Å². The second-order valence-electron chi connectivity index (χ2n) is 6.18. The Morgan fingerprint density at radius 3 is 2.93 bits per heavy atom. The van der Waals surface area contributed by atoms with Crippen molar-refractivity contribution in [3.8, 4) is 23.1 Å². The third-order valence-corrected chi connectivity index (χ3v) is 5.67. The van der Waals surface area contributed by atoms with Crippen LogP contribution in [0.15, 0.2) is 73.8 Å². The van der Waals surface area contributed by atoms with Gasteiger partial charge in [0.05, 0.1) is 24.1 Å². The standard InChI is InChI=1S/C22H14BrN3O3S/c1-28-20-5-3-2-4-17(20)25-11-14(10-24)21-26-18(12-30-21)16-9-13-8-15(23)6-7-19(13)29-22(16)27/h2-9,11-12,25H,1H3/b14-11+. The van der Waals surface area contributed by atoms with Crippen molar-refractivity contribution in [2.24, 2.45) is 0 Å².